The molecular formula is C27H28N6O2. The highest BCUT2D eigenvalue weighted by Gasteiger charge is 2.29. The molecule has 0 aliphatic carbocycles. The van der Waals surface area contributed by atoms with Crippen LogP contribution in [0.15, 0.2) is 54.9 Å². The van der Waals surface area contributed by atoms with Crippen molar-refractivity contribution in [2.45, 2.75) is 45.5 Å². The van der Waals surface area contributed by atoms with E-state index in [0.717, 1.165) is 47.6 Å². The minimum absolute atomic E-state index is 0.108. The zero-order valence-electron chi connectivity index (χ0n) is 20.0. The highest BCUT2D eigenvalue weighted by atomic mass is 16.5. The van der Waals surface area contributed by atoms with Crippen molar-refractivity contribution in [3.63, 3.8) is 0 Å². The average Bonchev–Trinajstić information content (AvgIpc) is 3.34. The van der Waals surface area contributed by atoms with Gasteiger partial charge in [-0.3, -0.25) is 14.5 Å². The summed E-state index contributed by atoms with van der Waals surface area (Å²) in [5.41, 5.74) is 5.71. The van der Waals surface area contributed by atoms with Gasteiger partial charge in [-0.25, -0.2) is 4.98 Å². The Kier molecular flexibility index (Phi) is 5.25. The molecule has 178 valence electrons. The third-order valence-electron chi connectivity index (χ3n) is 6.93. The van der Waals surface area contributed by atoms with Crippen molar-refractivity contribution in [1.29, 1.82) is 0 Å². The van der Waals surface area contributed by atoms with E-state index in [0.29, 0.717) is 25.3 Å². The average molecular weight is 469 g/mol. The topological polar surface area (TPSA) is 85.2 Å². The standard InChI is InChI=1S/C27H28N6O2/c1-27(2)17-35-16-20-4-3-18(11-23(20)27)26(34)29-14-21-12-24-19(13-28-21)5-6-25(31-24)32-9-10-33-22(15-32)7-8-30-33/h3-8,11-13H,9-10,14-17H2,1-2H3,(H,29,34). The number of amides is 1. The number of carbonyl (C=O) groups is 1. The normalized spacial score (nSPS) is 16.6. The molecule has 0 bridgehead atoms. The summed E-state index contributed by atoms with van der Waals surface area (Å²) in [6.07, 6.45) is 3.67. The molecule has 0 fully saturated rings. The van der Waals surface area contributed by atoms with E-state index < -0.39 is 0 Å². The summed E-state index contributed by atoms with van der Waals surface area (Å²) in [5, 5.41) is 8.35. The van der Waals surface area contributed by atoms with Crippen LogP contribution in [0.2, 0.25) is 0 Å². The van der Waals surface area contributed by atoms with Crippen LogP contribution in [0.5, 0.6) is 0 Å². The van der Waals surface area contributed by atoms with Crippen molar-refractivity contribution in [2.24, 2.45) is 0 Å². The Balaban J connectivity index is 1.18. The molecule has 8 nitrogen and oxygen atoms in total. The highest BCUT2D eigenvalue weighted by molar-refractivity contribution is 5.94. The Hall–Kier alpha value is -3.78. The molecule has 35 heavy (non-hydrogen) atoms. The van der Waals surface area contributed by atoms with Gasteiger partial charge >= 0.3 is 0 Å². The first-order valence-corrected chi connectivity index (χ1v) is 12.0. The van der Waals surface area contributed by atoms with Gasteiger partial charge in [-0.2, -0.15) is 5.10 Å². The molecule has 0 saturated carbocycles. The lowest BCUT2D eigenvalue weighted by Gasteiger charge is -2.32. The van der Waals surface area contributed by atoms with Crippen molar-refractivity contribution < 1.29 is 9.53 Å². The maximum atomic E-state index is 12.9. The number of nitrogens with one attached hydrogen (secondary N) is 1. The predicted octanol–water partition coefficient (Wildman–Crippen LogP) is 3.58. The lowest BCUT2D eigenvalue weighted by Crippen LogP contribution is -2.34. The van der Waals surface area contributed by atoms with E-state index in [2.05, 4.69) is 46.3 Å². The molecule has 2 aliphatic rings. The molecule has 1 N–H and O–H groups in total. The van der Waals surface area contributed by atoms with Gasteiger partial charge in [0.1, 0.15) is 5.82 Å². The van der Waals surface area contributed by atoms with Crippen LogP contribution >= 0.6 is 0 Å². The summed E-state index contributed by atoms with van der Waals surface area (Å²) in [6, 6.07) is 14.0. The van der Waals surface area contributed by atoms with Gasteiger partial charge in [-0.15, -0.1) is 0 Å². The third-order valence-corrected chi connectivity index (χ3v) is 6.93. The molecule has 0 radical (unpaired) electrons. The van der Waals surface area contributed by atoms with Gasteiger partial charge in [0.05, 0.1) is 49.8 Å². The summed E-state index contributed by atoms with van der Waals surface area (Å²) < 4.78 is 7.73. The smallest absolute Gasteiger partial charge is 0.251 e. The van der Waals surface area contributed by atoms with Crippen LogP contribution in [0.25, 0.3) is 10.9 Å². The van der Waals surface area contributed by atoms with Crippen LogP contribution in [0.3, 0.4) is 0 Å². The number of hydrogen-bond donors (Lipinski definition) is 1. The van der Waals surface area contributed by atoms with Crippen LogP contribution in [0, 0.1) is 0 Å². The van der Waals surface area contributed by atoms with Gasteiger partial charge < -0.3 is 15.0 Å². The SMILES string of the molecule is CC1(C)COCc2ccc(C(=O)NCc3cc4nc(N5CCn6nccc6C5)ccc4cn3)cc21. The molecule has 5 heterocycles. The second-order valence-corrected chi connectivity index (χ2v) is 9.94. The van der Waals surface area contributed by atoms with E-state index >= 15 is 0 Å². The largest absolute Gasteiger partial charge is 0.376 e. The summed E-state index contributed by atoms with van der Waals surface area (Å²) in [4.78, 5) is 24.6. The fourth-order valence-corrected chi connectivity index (χ4v) is 4.94. The Morgan fingerprint density at radius 2 is 2.06 bits per heavy atom. The van der Waals surface area contributed by atoms with Crippen molar-refractivity contribution in [2.75, 3.05) is 18.1 Å². The van der Waals surface area contributed by atoms with Crippen molar-refractivity contribution in [3.8, 4) is 0 Å². The molecule has 0 atom stereocenters. The second-order valence-electron chi connectivity index (χ2n) is 9.94. The minimum Gasteiger partial charge on any atom is -0.376 e. The molecule has 1 aromatic carbocycles. The van der Waals surface area contributed by atoms with Crippen LogP contribution in [-0.2, 0) is 36.4 Å². The first-order valence-electron chi connectivity index (χ1n) is 12.0. The zero-order chi connectivity index (χ0) is 24.0. The summed E-state index contributed by atoms with van der Waals surface area (Å²) in [6.45, 7) is 8.38. The van der Waals surface area contributed by atoms with Gasteiger partial charge in [-0.05, 0) is 47.5 Å². The van der Waals surface area contributed by atoms with Crippen molar-refractivity contribution >= 4 is 22.6 Å². The molecule has 8 heteroatoms. The fourth-order valence-electron chi connectivity index (χ4n) is 4.94. The van der Waals surface area contributed by atoms with Crippen molar-refractivity contribution in [3.05, 3.63) is 82.9 Å². The van der Waals surface area contributed by atoms with E-state index in [9.17, 15) is 4.79 Å². The third kappa shape index (κ3) is 4.14. The number of anilines is 1. The molecule has 1 amide bonds. The molecule has 2 aliphatic heterocycles. The van der Waals surface area contributed by atoms with E-state index in [1.807, 2.05) is 47.4 Å². The van der Waals surface area contributed by atoms with E-state index in [4.69, 9.17) is 9.72 Å². The summed E-state index contributed by atoms with van der Waals surface area (Å²) >= 11 is 0. The number of pyridine rings is 2. The first kappa shape index (κ1) is 21.7. The van der Waals surface area contributed by atoms with E-state index in [1.54, 1.807) is 0 Å². The molecule has 0 spiro atoms. The number of ether oxygens (including phenoxy) is 1. The Morgan fingerprint density at radius 1 is 1.14 bits per heavy atom. The monoisotopic (exact) mass is 468 g/mol. The van der Waals surface area contributed by atoms with Gasteiger partial charge in [-0.1, -0.05) is 19.9 Å². The number of hydrogen-bond acceptors (Lipinski definition) is 6. The van der Waals surface area contributed by atoms with Gasteiger partial charge in [0.25, 0.3) is 5.91 Å². The Morgan fingerprint density at radius 3 is 2.97 bits per heavy atom. The van der Waals surface area contributed by atoms with Crippen LogP contribution in [0.4, 0.5) is 5.82 Å². The van der Waals surface area contributed by atoms with E-state index in [-0.39, 0.29) is 11.3 Å². The molecular weight excluding hydrogens is 440 g/mol. The molecule has 3 aromatic heterocycles. The first-order chi connectivity index (χ1) is 17.0. The lowest BCUT2D eigenvalue weighted by atomic mass is 9.80. The number of nitrogens with zero attached hydrogens (tertiary/aromatic N) is 5. The van der Waals surface area contributed by atoms with E-state index in [1.165, 1.54) is 11.3 Å². The Bertz CT molecular complexity index is 1430. The molecule has 0 unspecified atom stereocenters. The molecule has 4 aromatic rings. The number of aromatic nitrogens is 4. The fraction of sp³-hybridized carbons (Fsp3) is 0.333. The summed E-state index contributed by atoms with van der Waals surface area (Å²) in [5.74, 6) is 0.829. The van der Waals surface area contributed by atoms with Crippen LogP contribution in [-0.4, -0.2) is 38.8 Å². The number of carbonyl (C=O) groups excluding carboxylic acids is 1. The van der Waals surface area contributed by atoms with Crippen LogP contribution < -0.4 is 10.2 Å². The predicted molar refractivity (Wildman–Crippen MR) is 133 cm³/mol. The van der Waals surface area contributed by atoms with Gasteiger partial charge in [0.2, 0.25) is 0 Å². The number of fused-ring (bicyclic) bond motifs is 3. The van der Waals surface area contributed by atoms with Crippen molar-refractivity contribution in [1.82, 2.24) is 25.1 Å². The highest BCUT2D eigenvalue weighted by Crippen LogP contribution is 2.32. The maximum absolute atomic E-state index is 12.9. The van der Waals surface area contributed by atoms with Crippen LogP contribution in [0.1, 0.15) is 46.7 Å². The zero-order valence-corrected chi connectivity index (χ0v) is 20.0. The minimum atomic E-state index is -0.110. The second kappa shape index (κ2) is 8.46. The van der Waals surface area contributed by atoms with Gasteiger partial charge in [0, 0.05) is 35.3 Å². The Labute approximate surface area is 203 Å². The molecule has 6 rings (SSSR count). The maximum Gasteiger partial charge on any atom is 0.251 e. The summed E-state index contributed by atoms with van der Waals surface area (Å²) in [7, 11) is 0. The number of rotatable bonds is 4. The lowest BCUT2D eigenvalue weighted by molar-refractivity contribution is 0.0641. The number of benzene rings is 1. The molecule has 0 saturated heterocycles. The van der Waals surface area contributed by atoms with Gasteiger partial charge in [0.15, 0.2) is 0 Å². The quantitative estimate of drug-likeness (QED) is 0.493.